The molecule has 1 aromatic carbocycles. The number of likely N-dealkylation sites (tertiary alicyclic amines) is 2. The first-order chi connectivity index (χ1) is 61.9. The van der Waals surface area contributed by atoms with E-state index >= 15 is 0 Å². The second-order valence-electron chi connectivity index (χ2n) is 39.5. The second kappa shape index (κ2) is 51.3. The van der Waals surface area contributed by atoms with Gasteiger partial charge in [-0.2, -0.15) is 0 Å². The molecule has 0 bridgehead atoms. The van der Waals surface area contributed by atoms with Crippen LogP contribution in [-0.4, -0.2) is 283 Å². The van der Waals surface area contributed by atoms with E-state index < -0.39 is 223 Å². The summed E-state index contributed by atoms with van der Waals surface area (Å²) in [5, 5.41) is 67.9. The Balaban J connectivity index is 1.61. The van der Waals surface area contributed by atoms with E-state index in [1.165, 1.54) is 121 Å². The minimum atomic E-state index is -1.95. The first kappa shape index (κ1) is 117. The minimum absolute atomic E-state index is 0.0186. The Hall–Kier alpha value is -11.5. The summed E-state index contributed by atoms with van der Waals surface area (Å²) in [5.74, 6) is -14.4. The van der Waals surface area contributed by atoms with Crippen LogP contribution in [0.25, 0.3) is 0 Å². The van der Waals surface area contributed by atoms with Gasteiger partial charge in [-0.3, -0.25) is 95.9 Å². The number of aliphatic hydroxyl groups is 2. The number of carbonyl (C=O) groups is 20. The number of benzene rings is 1. The number of hydrogen-bond acceptors (Lipinski definition) is 22. The molecule has 3 rings (SSSR count). The maximum Gasteiger partial charge on any atom is 0.251 e. The molecular formula is C92H154N20O22. The van der Waals surface area contributed by atoms with E-state index in [1.807, 2.05) is 27.7 Å². The van der Waals surface area contributed by atoms with Gasteiger partial charge in [0.25, 0.3) is 5.91 Å². The van der Waals surface area contributed by atoms with Crippen LogP contribution in [0.1, 0.15) is 262 Å². The molecule has 20 N–H and O–H groups in total. The normalized spacial score (nSPS) is 17.0. The number of aliphatic hydroxyl groups excluding tert-OH is 2. The van der Waals surface area contributed by atoms with Crippen LogP contribution in [0, 0.1) is 17.8 Å². The zero-order valence-electron chi connectivity index (χ0n) is 83.1. The van der Waals surface area contributed by atoms with Gasteiger partial charge in [0, 0.05) is 71.9 Å². The molecule has 0 saturated carbocycles. The van der Waals surface area contributed by atoms with Crippen molar-refractivity contribution in [3.8, 4) is 0 Å². The predicted molar refractivity (Wildman–Crippen MR) is 497 cm³/mol. The predicted octanol–water partition coefficient (Wildman–Crippen LogP) is -1.37. The number of carbonyl (C=O) groups excluding carboxylic acids is 20. The first-order valence-electron chi connectivity index (χ1n) is 46.3. The molecule has 0 spiro atoms. The van der Waals surface area contributed by atoms with Crippen LogP contribution in [-0.2, 0) is 102 Å². The van der Waals surface area contributed by atoms with Crippen molar-refractivity contribution < 1.29 is 106 Å². The molecule has 42 heteroatoms. The fourth-order valence-electron chi connectivity index (χ4n) is 14.7. The third kappa shape index (κ3) is 35.7. The lowest BCUT2D eigenvalue weighted by Crippen LogP contribution is -2.66. The quantitative estimate of drug-likeness (QED) is 0.0358. The van der Waals surface area contributed by atoms with Gasteiger partial charge < -0.3 is 116 Å². The molecular weight excluding hydrogens is 1740 g/mol. The van der Waals surface area contributed by atoms with Crippen LogP contribution in [0.2, 0.25) is 0 Å². The van der Waals surface area contributed by atoms with Crippen molar-refractivity contribution in [2.75, 3.05) is 45.9 Å². The average molecular weight is 1890 g/mol. The van der Waals surface area contributed by atoms with E-state index in [0.29, 0.717) is 24.8 Å². The highest BCUT2D eigenvalue weighted by molar-refractivity contribution is 6.03. The van der Waals surface area contributed by atoms with E-state index in [9.17, 15) is 101 Å². The maximum absolute atomic E-state index is 14.8. The van der Waals surface area contributed by atoms with Crippen LogP contribution in [0.3, 0.4) is 0 Å². The van der Waals surface area contributed by atoms with Gasteiger partial charge in [-0.1, -0.05) is 92.6 Å². The molecule has 12 atom stereocenters. The summed E-state index contributed by atoms with van der Waals surface area (Å²) in [4.78, 5) is 277. The molecule has 0 radical (unpaired) electrons. The Labute approximate surface area is 787 Å². The van der Waals surface area contributed by atoms with Gasteiger partial charge in [0.1, 0.15) is 87.1 Å². The summed E-state index contributed by atoms with van der Waals surface area (Å²) < 4.78 is 0. The molecule has 0 unspecified atom stereocenters. The van der Waals surface area contributed by atoms with E-state index in [1.54, 1.807) is 65.0 Å². The Kier molecular flexibility index (Phi) is 44.7. The van der Waals surface area contributed by atoms with Crippen molar-refractivity contribution in [1.82, 2.24) is 106 Å². The summed E-state index contributed by atoms with van der Waals surface area (Å²) in [6.07, 6.45) is -1.10. The van der Waals surface area contributed by atoms with Gasteiger partial charge in [0.05, 0.1) is 12.1 Å². The number of hydrogen-bond donors (Lipinski definition) is 20. The van der Waals surface area contributed by atoms with E-state index in [0.717, 1.165) is 0 Å². The zero-order chi connectivity index (χ0) is 102. The molecule has 1 aromatic rings. The Morgan fingerprint density at radius 2 is 0.754 bits per heavy atom. The van der Waals surface area contributed by atoms with Crippen LogP contribution >= 0.6 is 0 Å². The van der Waals surface area contributed by atoms with Gasteiger partial charge in [0.15, 0.2) is 6.10 Å². The van der Waals surface area contributed by atoms with Crippen LogP contribution in [0.5, 0.6) is 0 Å². The Bertz CT molecular complexity index is 4350. The summed E-state index contributed by atoms with van der Waals surface area (Å²) in [5.41, 5.74) is -12.5. The summed E-state index contributed by atoms with van der Waals surface area (Å²) in [7, 11) is 0. The van der Waals surface area contributed by atoms with Crippen molar-refractivity contribution in [2.24, 2.45) is 17.8 Å². The van der Waals surface area contributed by atoms with Crippen LogP contribution in [0.15, 0.2) is 30.3 Å². The van der Waals surface area contributed by atoms with Gasteiger partial charge in [0.2, 0.25) is 112 Å². The molecule has 20 amide bonds. The number of amides is 20. The average Bonchev–Trinajstić information content (AvgIpc) is 1.54. The van der Waals surface area contributed by atoms with Gasteiger partial charge in [-0.15, -0.1) is 0 Å². The fraction of sp³-hybridized carbons (Fsp3) is 0.717. The zero-order valence-corrected chi connectivity index (χ0v) is 83.1. The molecule has 0 aromatic heterocycles. The van der Waals surface area contributed by atoms with E-state index in [4.69, 9.17) is 5.11 Å². The monoisotopic (exact) mass is 1890 g/mol. The molecule has 42 nitrogen and oxygen atoms in total. The largest absolute Gasteiger partial charge is 0.395 e. The van der Waals surface area contributed by atoms with Crippen molar-refractivity contribution in [3.05, 3.63) is 35.9 Å². The number of rotatable bonds is 53. The van der Waals surface area contributed by atoms with Crippen LogP contribution in [0.4, 0.5) is 0 Å². The molecule has 2 saturated heterocycles. The number of nitrogens with one attached hydrogen (secondary N) is 18. The Morgan fingerprint density at radius 1 is 0.373 bits per heavy atom. The molecule has 754 valence electrons. The number of nitrogens with zero attached hydrogens (tertiary/aromatic N) is 2. The van der Waals surface area contributed by atoms with Gasteiger partial charge >= 0.3 is 0 Å². The SMILES string of the molecule is CC[C@@](C)(NC(=O)[C@H](CC(C)C)NC(=O)CCNC(=O)[C@H](O)C(C)(C)NC(=O)[C@H](C)NC(=O)[C@@H]1CCCN1C(=O)[C@@](C)(CC)NC(=O)[C@H](Cc1ccccc1)NC(=O)C(C)(C)NC(=O)C(C)(C)NC(=O)[C@H](C)NC(=O)[C@@H]1CCCN1C(=O)C(C)(C)NC(C)=O)C(=O)NCCC(=O)N[C@H](CC(C)C)C(=O)N[C@@](C)(CC)C(=O)NC(C)(C)C(=O)N[C@H](CC(C)C)C(=O)NCCC(=O)NCCO. The molecule has 2 heterocycles. The third-order valence-electron chi connectivity index (χ3n) is 23.6. The standard InChI is InChI=1S/C92H154N20O22/c1-26-90(23,81(131)96-43-40-67(117)100-61(50-54(8)9)73(123)107-91(24,27-2)82(132)110-87(17,18)79(129)101-59(48-52(4)5)71(121)94-41-38-65(115)93-44-47-113)106-72(122)60(49-53(6)7)99-66(116)39-42-95-77(127)68(118)85(13,14)104-69(119)55(10)97-76(126)64-37-33-46-112(64)84(134)92(25,28-3)108-74(124)62(51-58-34-30-29-31-35-58)102-78(128)86(15,16)109-80(130)88(19,20)105-70(120)56(11)98-75(125)63-36-32-45-111(63)83(133)89(21,22)103-57(12)114/h29-31,34-35,52-56,59-64,68,113,118H,26-28,32-33,36-51H2,1-25H3,(H,93,115)(H,94,121)(H,95,127)(H,96,131)(H,97,126)(H,98,125)(H,99,116)(H,100,117)(H,101,129)(H,102,128)(H,103,114)(H,104,119)(H,105,120)(H,106,122)(H,107,123)(H,108,124)(H,109,130)(H,110,132)/t55-,56-,59+,60-,61+,62-,63-,64-,68-,90+,91-,92+/m0/s1. The van der Waals surface area contributed by atoms with Crippen molar-refractivity contribution >= 4 is 118 Å². The van der Waals surface area contributed by atoms with Crippen molar-refractivity contribution in [3.63, 3.8) is 0 Å². The lowest BCUT2D eigenvalue weighted by atomic mass is 9.93. The molecule has 2 aliphatic heterocycles. The van der Waals surface area contributed by atoms with Crippen molar-refractivity contribution in [1.29, 1.82) is 0 Å². The Morgan fingerprint density at radius 3 is 1.19 bits per heavy atom. The highest BCUT2D eigenvalue weighted by atomic mass is 16.3. The summed E-state index contributed by atoms with van der Waals surface area (Å²) in [6, 6.07) is -0.817. The lowest BCUT2D eigenvalue weighted by Gasteiger charge is -2.37. The molecule has 0 aliphatic carbocycles. The first-order valence-corrected chi connectivity index (χ1v) is 46.3. The second-order valence-corrected chi connectivity index (χ2v) is 39.5. The van der Waals surface area contributed by atoms with E-state index in [2.05, 4.69) is 95.7 Å². The maximum atomic E-state index is 14.8. The molecule has 2 fully saturated rings. The molecule has 134 heavy (non-hydrogen) atoms. The van der Waals surface area contributed by atoms with E-state index in [-0.39, 0.29) is 128 Å². The minimum Gasteiger partial charge on any atom is -0.395 e. The van der Waals surface area contributed by atoms with Gasteiger partial charge in [-0.25, -0.2) is 0 Å². The highest BCUT2D eigenvalue weighted by Gasteiger charge is 2.49. The fourth-order valence-corrected chi connectivity index (χ4v) is 14.7. The van der Waals surface area contributed by atoms with Gasteiger partial charge in [-0.05, 0) is 191 Å². The smallest absolute Gasteiger partial charge is 0.251 e. The third-order valence-corrected chi connectivity index (χ3v) is 23.6. The summed E-state index contributed by atoms with van der Waals surface area (Å²) >= 11 is 0. The van der Waals surface area contributed by atoms with Crippen LogP contribution < -0.4 is 95.7 Å². The molecule has 2 aliphatic rings. The lowest BCUT2D eigenvalue weighted by molar-refractivity contribution is -0.146. The topological polar surface area (TPSA) is 605 Å². The summed E-state index contributed by atoms with van der Waals surface area (Å²) in [6.45, 7) is 37.7. The highest BCUT2D eigenvalue weighted by Crippen LogP contribution is 2.27. The van der Waals surface area contributed by atoms with Crippen molar-refractivity contribution in [2.45, 2.75) is 362 Å².